The van der Waals surface area contributed by atoms with Gasteiger partial charge in [0.25, 0.3) is 0 Å². The first-order valence-corrected chi connectivity index (χ1v) is 6.38. The van der Waals surface area contributed by atoms with Crippen LogP contribution in [0.25, 0.3) is 0 Å². The summed E-state index contributed by atoms with van der Waals surface area (Å²) in [4.78, 5) is 16.1. The first-order chi connectivity index (χ1) is 9.79. The number of halogens is 3. The van der Waals surface area contributed by atoms with E-state index < -0.39 is 11.7 Å². The lowest BCUT2D eigenvalue weighted by molar-refractivity contribution is -0.137. The molecule has 1 aromatic carbocycles. The molecule has 7 heteroatoms. The summed E-state index contributed by atoms with van der Waals surface area (Å²) in [5, 5.41) is 4.01. The third-order valence-corrected chi connectivity index (χ3v) is 2.99. The van der Waals surface area contributed by atoms with Crippen molar-refractivity contribution < 1.29 is 18.0 Å². The van der Waals surface area contributed by atoms with Crippen LogP contribution in [0.2, 0.25) is 0 Å². The summed E-state index contributed by atoms with van der Waals surface area (Å²) < 4.78 is 39.0. The second kappa shape index (κ2) is 5.67. The molecule has 2 aromatic rings. The standard InChI is InChI=1S/C14H14F3N3O/c1-9(2)20-13(18-8-19-20)7-12(21)10-3-5-11(6-4-10)14(15,16)17/h3-6,8-9H,7H2,1-2H3. The second-order valence-electron chi connectivity index (χ2n) is 4.89. The highest BCUT2D eigenvalue weighted by Gasteiger charge is 2.30. The number of rotatable bonds is 4. The highest BCUT2D eigenvalue weighted by Crippen LogP contribution is 2.29. The summed E-state index contributed by atoms with van der Waals surface area (Å²) in [6, 6.07) is 4.23. The molecule has 4 nitrogen and oxygen atoms in total. The predicted octanol–water partition coefficient (Wildman–Crippen LogP) is 3.30. The summed E-state index contributed by atoms with van der Waals surface area (Å²) >= 11 is 0. The molecule has 0 saturated heterocycles. The van der Waals surface area contributed by atoms with Crippen molar-refractivity contribution in [3.8, 4) is 0 Å². The van der Waals surface area contributed by atoms with Gasteiger partial charge in [-0.25, -0.2) is 9.67 Å². The van der Waals surface area contributed by atoms with E-state index in [0.717, 1.165) is 12.1 Å². The molecule has 0 spiro atoms. The number of nitrogens with zero attached hydrogens (tertiary/aromatic N) is 3. The van der Waals surface area contributed by atoms with Gasteiger partial charge in [-0.1, -0.05) is 12.1 Å². The van der Waals surface area contributed by atoms with Crippen molar-refractivity contribution in [1.82, 2.24) is 14.8 Å². The molecule has 1 heterocycles. The third-order valence-electron chi connectivity index (χ3n) is 2.99. The van der Waals surface area contributed by atoms with Gasteiger partial charge in [0.05, 0.1) is 12.0 Å². The van der Waals surface area contributed by atoms with E-state index in [1.54, 1.807) is 4.68 Å². The van der Waals surface area contributed by atoms with Crippen molar-refractivity contribution in [2.75, 3.05) is 0 Å². The van der Waals surface area contributed by atoms with Crippen LogP contribution in [0, 0.1) is 0 Å². The van der Waals surface area contributed by atoms with Crippen LogP contribution in [0.4, 0.5) is 13.2 Å². The molecule has 0 amide bonds. The fraction of sp³-hybridized carbons (Fsp3) is 0.357. The first-order valence-electron chi connectivity index (χ1n) is 6.38. The number of aromatic nitrogens is 3. The van der Waals surface area contributed by atoms with Crippen molar-refractivity contribution in [1.29, 1.82) is 0 Å². The van der Waals surface area contributed by atoms with Crippen LogP contribution in [0.5, 0.6) is 0 Å². The van der Waals surface area contributed by atoms with Crippen molar-refractivity contribution in [3.63, 3.8) is 0 Å². The largest absolute Gasteiger partial charge is 0.416 e. The Morgan fingerprint density at radius 1 is 1.24 bits per heavy atom. The molecule has 21 heavy (non-hydrogen) atoms. The maximum Gasteiger partial charge on any atom is 0.416 e. The second-order valence-corrected chi connectivity index (χ2v) is 4.89. The number of ketones is 1. The fourth-order valence-electron chi connectivity index (χ4n) is 1.92. The molecular formula is C14H14F3N3O. The quantitative estimate of drug-likeness (QED) is 0.813. The predicted molar refractivity (Wildman–Crippen MR) is 69.9 cm³/mol. The molecule has 2 rings (SSSR count). The summed E-state index contributed by atoms with van der Waals surface area (Å²) in [5.74, 6) is 0.202. The smallest absolute Gasteiger partial charge is 0.294 e. The van der Waals surface area contributed by atoms with Crippen LogP contribution < -0.4 is 0 Å². The van der Waals surface area contributed by atoms with Gasteiger partial charge in [0.2, 0.25) is 0 Å². The molecule has 0 bridgehead atoms. The van der Waals surface area contributed by atoms with Crippen molar-refractivity contribution in [3.05, 3.63) is 47.5 Å². The van der Waals surface area contributed by atoms with Crippen molar-refractivity contribution in [2.24, 2.45) is 0 Å². The van der Waals surface area contributed by atoms with Gasteiger partial charge in [-0.15, -0.1) is 0 Å². The molecule has 0 N–H and O–H groups in total. The van der Waals surface area contributed by atoms with E-state index in [1.807, 2.05) is 13.8 Å². The average molecular weight is 297 g/mol. The molecule has 0 fully saturated rings. The summed E-state index contributed by atoms with van der Waals surface area (Å²) in [6.07, 6.45) is -3.04. The van der Waals surface area contributed by atoms with Gasteiger partial charge in [-0.05, 0) is 26.0 Å². The summed E-state index contributed by atoms with van der Waals surface area (Å²) in [5.41, 5.74) is -0.550. The minimum atomic E-state index is -4.40. The van der Waals surface area contributed by atoms with Crippen molar-refractivity contribution in [2.45, 2.75) is 32.5 Å². The Morgan fingerprint density at radius 3 is 2.38 bits per heavy atom. The zero-order valence-electron chi connectivity index (χ0n) is 11.6. The van der Waals surface area contributed by atoms with E-state index in [9.17, 15) is 18.0 Å². The lowest BCUT2D eigenvalue weighted by Crippen LogP contribution is -2.13. The van der Waals surface area contributed by atoms with Gasteiger partial charge in [-0.3, -0.25) is 4.79 Å². The summed E-state index contributed by atoms with van der Waals surface area (Å²) in [6.45, 7) is 3.81. The highest BCUT2D eigenvalue weighted by atomic mass is 19.4. The Kier molecular flexibility index (Phi) is 4.11. The van der Waals surface area contributed by atoms with E-state index in [1.165, 1.54) is 18.5 Å². The fourth-order valence-corrected chi connectivity index (χ4v) is 1.92. The first kappa shape index (κ1) is 15.2. The monoisotopic (exact) mass is 297 g/mol. The van der Waals surface area contributed by atoms with Gasteiger partial charge in [0, 0.05) is 11.6 Å². The number of Topliss-reactive ketones (excluding diaryl/α,β-unsaturated/α-hetero) is 1. The number of benzene rings is 1. The Bertz CT molecular complexity index is 630. The maximum absolute atomic E-state index is 12.5. The Morgan fingerprint density at radius 2 is 1.86 bits per heavy atom. The van der Waals surface area contributed by atoms with E-state index in [4.69, 9.17) is 0 Å². The Hall–Kier alpha value is -2.18. The van der Waals surface area contributed by atoms with Crippen LogP contribution in [0.15, 0.2) is 30.6 Å². The number of hydrogen-bond donors (Lipinski definition) is 0. The SMILES string of the molecule is CC(C)n1ncnc1CC(=O)c1ccc(C(F)(F)F)cc1. The van der Waals surface area contributed by atoms with E-state index in [0.29, 0.717) is 5.82 Å². The minimum Gasteiger partial charge on any atom is -0.294 e. The van der Waals surface area contributed by atoms with Crippen LogP contribution in [-0.2, 0) is 12.6 Å². The zero-order chi connectivity index (χ0) is 15.6. The van der Waals surface area contributed by atoms with Crippen LogP contribution in [0.3, 0.4) is 0 Å². The van der Waals surface area contributed by atoms with E-state index in [2.05, 4.69) is 10.1 Å². The number of hydrogen-bond acceptors (Lipinski definition) is 3. The molecule has 0 radical (unpaired) electrons. The topological polar surface area (TPSA) is 47.8 Å². The van der Waals surface area contributed by atoms with Gasteiger partial charge in [0.15, 0.2) is 5.78 Å². The molecule has 0 unspecified atom stereocenters. The highest BCUT2D eigenvalue weighted by molar-refractivity contribution is 5.97. The lowest BCUT2D eigenvalue weighted by Gasteiger charge is -2.09. The van der Waals surface area contributed by atoms with Crippen molar-refractivity contribution >= 4 is 5.78 Å². The molecular weight excluding hydrogens is 283 g/mol. The van der Waals surface area contributed by atoms with Crippen LogP contribution in [0.1, 0.15) is 41.6 Å². The molecule has 1 aromatic heterocycles. The van der Waals surface area contributed by atoms with Gasteiger partial charge in [0.1, 0.15) is 12.2 Å². The Labute approximate surface area is 119 Å². The Balaban J connectivity index is 2.15. The number of alkyl halides is 3. The van der Waals surface area contributed by atoms with E-state index >= 15 is 0 Å². The molecule has 112 valence electrons. The lowest BCUT2D eigenvalue weighted by atomic mass is 10.1. The zero-order valence-corrected chi connectivity index (χ0v) is 11.6. The molecule has 0 saturated carbocycles. The maximum atomic E-state index is 12.5. The number of carbonyl (C=O) groups excluding carboxylic acids is 1. The van der Waals surface area contributed by atoms with Gasteiger partial charge in [-0.2, -0.15) is 18.3 Å². The summed E-state index contributed by atoms with van der Waals surface area (Å²) in [7, 11) is 0. The molecule has 0 aliphatic carbocycles. The molecule has 0 aliphatic rings. The minimum absolute atomic E-state index is 0.00352. The molecule has 0 aliphatic heterocycles. The molecule has 0 atom stereocenters. The normalized spacial score (nSPS) is 11.9. The average Bonchev–Trinajstić information content (AvgIpc) is 2.86. The van der Waals surface area contributed by atoms with E-state index in [-0.39, 0.29) is 23.8 Å². The van der Waals surface area contributed by atoms with Gasteiger partial charge >= 0.3 is 6.18 Å². The van der Waals surface area contributed by atoms with Crippen LogP contribution >= 0.6 is 0 Å². The third kappa shape index (κ3) is 3.48. The van der Waals surface area contributed by atoms with Crippen LogP contribution in [-0.4, -0.2) is 20.5 Å². The number of carbonyl (C=O) groups is 1. The van der Waals surface area contributed by atoms with Gasteiger partial charge < -0.3 is 0 Å².